The number of halogens is 1. The Hall–Kier alpha value is -1.76. The van der Waals surface area contributed by atoms with E-state index in [1.807, 2.05) is 0 Å². The molecule has 0 radical (unpaired) electrons. The Balaban J connectivity index is 2.28. The Morgan fingerprint density at radius 3 is 2.68 bits per heavy atom. The number of thioether (sulfide) groups is 1. The number of amides is 1. The number of phenols is 1. The minimum absolute atomic E-state index is 0.225. The fourth-order valence-corrected chi connectivity index (χ4v) is 3.23. The van der Waals surface area contributed by atoms with E-state index in [4.69, 9.17) is 0 Å². The second kappa shape index (κ2) is 5.08. The van der Waals surface area contributed by atoms with Gasteiger partial charge in [0, 0.05) is 5.75 Å². The quantitative estimate of drug-likeness (QED) is 0.777. The molecule has 1 amide bonds. The largest absolute Gasteiger partial charge is 0.507 e. The first kappa shape index (κ1) is 13.7. The van der Waals surface area contributed by atoms with Crippen LogP contribution in [0.15, 0.2) is 18.2 Å². The number of hydrogen-bond donors (Lipinski definition) is 3. The van der Waals surface area contributed by atoms with Crippen molar-refractivity contribution >= 4 is 23.6 Å². The Morgan fingerprint density at radius 1 is 1.42 bits per heavy atom. The lowest BCUT2D eigenvalue weighted by Crippen LogP contribution is -2.54. The highest BCUT2D eigenvalue weighted by atomic mass is 32.2. The molecule has 5 nitrogen and oxygen atoms in total. The standard InChI is InChI=1S/C12H12FNO4S/c13-7-2-1-3-8(15)9(7)10(16)14-12(11(17)18)4-5-19-6-12/h1-3,15H,4-6H2,(H,14,16)(H,17,18). The number of rotatable bonds is 3. The molecule has 1 aromatic carbocycles. The highest BCUT2D eigenvalue weighted by Gasteiger charge is 2.44. The van der Waals surface area contributed by atoms with Gasteiger partial charge in [0.05, 0.1) is 0 Å². The summed E-state index contributed by atoms with van der Waals surface area (Å²) in [6.45, 7) is 0. The molecule has 1 saturated heterocycles. The molecule has 1 aromatic rings. The van der Waals surface area contributed by atoms with Crippen LogP contribution in [0.3, 0.4) is 0 Å². The van der Waals surface area contributed by atoms with Gasteiger partial charge in [-0.25, -0.2) is 9.18 Å². The number of hydrogen-bond acceptors (Lipinski definition) is 4. The van der Waals surface area contributed by atoms with E-state index in [-0.39, 0.29) is 12.2 Å². The summed E-state index contributed by atoms with van der Waals surface area (Å²) in [5.41, 5.74) is -1.92. The van der Waals surface area contributed by atoms with Gasteiger partial charge in [0.25, 0.3) is 5.91 Å². The molecule has 7 heteroatoms. The third-order valence-electron chi connectivity index (χ3n) is 3.00. The number of benzene rings is 1. The maximum Gasteiger partial charge on any atom is 0.330 e. The van der Waals surface area contributed by atoms with Crippen LogP contribution < -0.4 is 5.32 Å². The molecule has 102 valence electrons. The normalized spacial score (nSPS) is 22.2. The van der Waals surface area contributed by atoms with Crippen molar-refractivity contribution in [1.29, 1.82) is 0 Å². The first-order valence-electron chi connectivity index (χ1n) is 5.57. The van der Waals surface area contributed by atoms with Crippen molar-refractivity contribution in [2.24, 2.45) is 0 Å². The van der Waals surface area contributed by atoms with E-state index in [1.165, 1.54) is 23.9 Å². The second-order valence-electron chi connectivity index (χ2n) is 4.28. The van der Waals surface area contributed by atoms with Gasteiger partial charge in [-0.3, -0.25) is 4.79 Å². The molecule has 0 aromatic heterocycles. The maximum absolute atomic E-state index is 13.5. The summed E-state index contributed by atoms with van der Waals surface area (Å²) in [6, 6.07) is 3.47. The highest BCUT2D eigenvalue weighted by Crippen LogP contribution is 2.29. The topological polar surface area (TPSA) is 86.6 Å². The lowest BCUT2D eigenvalue weighted by Gasteiger charge is -2.24. The monoisotopic (exact) mass is 285 g/mol. The van der Waals surface area contributed by atoms with Crippen molar-refractivity contribution in [2.45, 2.75) is 12.0 Å². The van der Waals surface area contributed by atoms with Crippen LogP contribution in [0.25, 0.3) is 0 Å². The zero-order valence-corrected chi connectivity index (χ0v) is 10.7. The van der Waals surface area contributed by atoms with E-state index in [0.717, 1.165) is 6.07 Å². The van der Waals surface area contributed by atoms with E-state index in [0.29, 0.717) is 5.75 Å². The molecule has 19 heavy (non-hydrogen) atoms. The average Bonchev–Trinajstić information content (AvgIpc) is 2.78. The summed E-state index contributed by atoms with van der Waals surface area (Å²) in [4.78, 5) is 23.2. The molecule has 1 aliphatic heterocycles. The van der Waals surface area contributed by atoms with Gasteiger partial charge in [0.15, 0.2) is 0 Å². The van der Waals surface area contributed by atoms with E-state index >= 15 is 0 Å². The van der Waals surface area contributed by atoms with Crippen molar-refractivity contribution in [3.63, 3.8) is 0 Å². The van der Waals surface area contributed by atoms with Crippen LogP contribution in [-0.2, 0) is 4.79 Å². The number of carboxylic acids is 1. The van der Waals surface area contributed by atoms with E-state index in [9.17, 15) is 24.2 Å². The fraction of sp³-hybridized carbons (Fsp3) is 0.333. The lowest BCUT2D eigenvalue weighted by atomic mass is 9.98. The summed E-state index contributed by atoms with van der Waals surface area (Å²) in [5.74, 6) is -2.63. The van der Waals surface area contributed by atoms with Crippen LogP contribution in [0.5, 0.6) is 5.75 Å². The van der Waals surface area contributed by atoms with Crippen LogP contribution in [-0.4, -0.2) is 39.1 Å². The van der Waals surface area contributed by atoms with Gasteiger partial charge in [0.2, 0.25) is 0 Å². The third-order valence-corrected chi connectivity index (χ3v) is 4.19. The number of phenolic OH excluding ortho intramolecular Hbond substituents is 1. The van der Waals surface area contributed by atoms with Gasteiger partial charge in [-0.15, -0.1) is 0 Å². The fourth-order valence-electron chi connectivity index (χ4n) is 1.90. The minimum atomic E-state index is -1.39. The predicted octanol–water partition coefficient (Wildman–Crippen LogP) is 1.22. The number of aromatic hydroxyl groups is 1. The van der Waals surface area contributed by atoms with Crippen molar-refractivity contribution in [3.05, 3.63) is 29.6 Å². The lowest BCUT2D eigenvalue weighted by molar-refractivity contribution is -0.143. The van der Waals surface area contributed by atoms with E-state index in [2.05, 4.69) is 5.32 Å². The number of carbonyl (C=O) groups is 2. The minimum Gasteiger partial charge on any atom is -0.507 e. The molecule has 1 atom stereocenters. The molecule has 0 saturated carbocycles. The van der Waals surface area contributed by atoms with E-state index in [1.54, 1.807) is 0 Å². The van der Waals surface area contributed by atoms with Crippen LogP contribution in [0.1, 0.15) is 16.8 Å². The Kier molecular flexibility index (Phi) is 3.66. The first-order valence-corrected chi connectivity index (χ1v) is 6.73. The summed E-state index contributed by atoms with van der Waals surface area (Å²) >= 11 is 1.40. The molecule has 1 unspecified atom stereocenters. The third kappa shape index (κ3) is 2.51. The van der Waals surface area contributed by atoms with Crippen molar-refractivity contribution in [1.82, 2.24) is 5.32 Å². The molecule has 0 aliphatic carbocycles. The average molecular weight is 285 g/mol. The summed E-state index contributed by atoms with van der Waals surface area (Å²) in [7, 11) is 0. The number of nitrogens with one attached hydrogen (secondary N) is 1. The Bertz CT molecular complexity index is 508. The molecular weight excluding hydrogens is 273 g/mol. The van der Waals surface area contributed by atoms with Gasteiger partial charge in [-0.05, 0) is 24.3 Å². The smallest absolute Gasteiger partial charge is 0.330 e. The number of aliphatic carboxylic acids is 1. The van der Waals surface area contributed by atoms with Crippen LogP contribution in [0, 0.1) is 5.82 Å². The van der Waals surface area contributed by atoms with Crippen molar-refractivity contribution in [3.8, 4) is 5.75 Å². The van der Waals surface area contributed by atoms with Gasteiger partial charge < -0.3 is 15.5 Å². The summed E-state index contributed by atoms with van der Waals surface area (Å²) in [6.07, 6.45) is 0.272. The van der Waals surface area contributed by atoms with Crippen LogP contribution in [0.2, 0.25) is 0 Å². The van der Waals surface area contributed by atoms with Crippen LogP contribution in [0.4, 0.5) is 4.39 Å². The second-order valence-corrected chi connectivity index (χ2v) is 5.38. The first-order chi connectivity index (χ1) is 8.96. The maximum atomic E-state index is 13.5. The Morgan fingerprint density at radius 2 is 2.16 bits per heavy atom. The van der Waals surface area contributed by atoms with E-state index < -0.39 is 34.5 Å². The molecule has 1 fully saturated rings. The summed E-state index contributed by atoms with van der Waals surface area (Å²) < 4.78 is 13.5. The molecule has 1 heterocycles. The molecule has 2 rings (SSSR count). The van der Waals surface area contributed by atoms with Crippen LogP contribution >= 0.6 is 11.8 Å². The molecule has 1 aliphatic rings. The summed E-state index contributed by atoms with van der Waals surface area (Å²) in [5, 5.41) is 21.0. The Labute approximate surface area is 112 Å². The SMILES string of the molecule is O=C(NC1(C(=O)O)CCSC1)c1c(O)cccc1F. The number of carbonyl (C=O) groups excluding carboxylic acids is 1. The number of carboxylic acid groups (broad SMARTS) is 1. The van der Waals surface area contributed by atoms with Gasteiger partial charge in [-0.1, -0.05) is 6.07 Å². The van der Waals surface area contributed by atoms with Crippen molar-refractivity contribution < 1.29 is 24.2 Å². The molecule has 3 N–H and O–H groups in total. The van der Waals surface area contributed by atoms with Gasteiger partial charge in [-0.2, -0.15) is 11.8 Å². The van der Waals surface area contributed by atoms with Gasteiger partial charge in [0.1, 0.15) is 22.7 Å². The molecule has 0 bridgehead atoms. The molecule has 0 spiro atoms. The highest BCUT2D eigenvalue weighted by molar-refractivity contribution is 7.99. The van der Waals surface area contributed by atoms with Crippen molar-refractivity contribution in [2.75, 3.05) is 11.5 Å². The van der Waals surface area contributed by atoms with Gasteiger partial charge >= 0.3 is 5.97 Å². The predicted molar refractivity (Wildman–Crippen MR) is 67.8 cm³/mol. The zero-order valence-electron chi connectivity index (χ0n) is 9.85. The molecular formula is C12H12FNO4S. The zero-order chi connectivity index (χ0) is 14.0.